The van der Waals surface area contributed by atoms with Crippen LogP contribution in [0.25, 0.3) is 0 Å². The normalized spacial score (nSPS) is 11.6. The molecular formula is C52H84NO4+. The first-order chi connectivity index (χ1) is 27.8. The second kappa shape index (κ2) is 33.7. The van der Waals surface area contributed by atoms with Crippen LogP contribution >= 0.6 is 0 Å². The number of aromatic nitrogens is 1. The summed E-state index contributed by atoms with van der Waals surface area (Å²) in [5.41, 5.74) is 4.75. The van der Waals surface area contributed by atoms with E-state index in [-0.39, 0.29) is 11.9 Å². The van der Waals surface area contributed by atoms with E-state index in [4.69, 9.17) is 9.47 Å². The van der Waals surface area contributed by atoms with Crippen LogP contribution in [0.15, 0.2) is 54.6 Å². The molecule has 0 saturated carbocycles. The van der Waals surface area contributed by atoms with E-state index in [1.807, 2.05) is 12.1 Å². The molecular weight excluding hydrogens is 703 g/mol. The molecule has 0 unspecified atom stereocenters. The molecule has 1 heterocycles. The molecule has 57 heavy (non-hydrogen) atoms. The number of aryl methyl sites for hydroxylation is 4. The van der Waals surface area contributed by atoms with E-state index in [1.165, 1.54) is 133 Å². The maximum atomic E-state index is 13.0. The Morgan fingerprint density at radius 2 is 0.877 bits per heavy atom. The molecule has 2 rings (SSSR count). The zero-order chi connectivity index (χ0) is 41.2. The standard InChI is InChI=1S/C52H84NO4/c1-6-8-10-12-14-16-18-20-22-24-26-28-30-32-34-36-51(54)56-49-39-38-48(40-41-53-46(4)42-45(3)43-47(53)5)44-50(49)57-52(55)37-35-33-31-29-27-25-23-21-19-17-15-13-11-9-7-2/h20-23,38-39,42-44H,6-19,24-37,40-41H2,1-5H3/q+1/b22-20-,23-21-. The van der Waals surface area contributed by atoms with Crippen LogP contribution in [0.4, 0.5) is 0 Å². The second-order valence-electron chi connectivity index (χ2n) is 16.6. The van der Waals surface area contributed by atoms with Crippen molar-refractivity contribution in [2.45, 2.75) is 227 Å². The zero-order valence-corrected chi connectivity index (χ0v) is 37.5. The lowest BCUT2D eigenvalue weighted by Gasteiger charge is -2.13. The Morgan fingerprint density at radius 3 is 1.32 bits per heavy atom. The van der Waals surface area contributed by atoms with Crippen molar-refractivity contribution in [3.63, 3.8) is 0 Å². The summed E-state index contributed by atoms with van der Waals surface area (Å²) < 4.78 is 14.1. The van der Waals surface area contributed by atoms with Gasteiger partial charge in [0.2, 0.25) is 0 Å². The lowest BCUT2D eigenvalue weighted by Crippen LogP contribution is -2.41. The molecule has 0 aliphatic heterocycles. The topological polar surface area (TPSA) is 56.5 Å². The van der Waals surface area contributed by atoms with Crippen LogP contribution in [-0.2, 0) is 22.6 Å². The van der Waals surface area contributed by atoms with Gasteiger partial charge in [-0.1, -0.05) is 147 Å². The summed E-state index contributed by atoms with van der Waals surface area (Å²) in [6.45, 7) is 11.8. The van der Waals surface area contributed by atoms with Crippen LogP contribution in [0.2, 0.25) is 0 Å². The highest BCUT2D eigenvalue weighted by molar-refractivity contribution is 5.76. The first-order valence-electron chi connectivity index (χ1n) is 23.7. The van der Waals surface area contributed by atoms with E-state index in [0.29, 0.717) is 24.3 Å². The molecule has 5 nitrogen and oxygen atoms in total. The van der Waals surface area contributed by atoms with Crippen molar-refractivity contribution in [3.05, 3.63) is 77.2 Å². The Labute approximate surface area is 350 Å². The predicted octanol–water partition coefficient (Wildman–Crippen LogP) is 15.0. The average molecular weight is 787 g/mol. The molecule has 320 valence electrons. The summed E-state index contributed by atoms with van der Waals surface area (Å²) in [4.78, 5) is 26.0. The molecule has 0 fully saturated rings. The van der Waals surface area contributed by atoms with Gasteiger partial charge in [-0.25, -0.2) is 0 Å². The van der Waals surface area contributed by atoms with E-state index >= 15 is 0 Å². The van der Waals surface area contributed by atoms with E-state index in [1.54, 1.807) is 6.07 Å². The van der Waals surface area contributed by atoms with Gasteiger partial charge in [-0.15, -0.1) is 0 Å². The van der Waals surface area contributed by atoms with Crippen LogP contribution in [0.5, 0.6) is 11.5 Å². The largest absolute Gasteiger partial charge is 0.423 e. The molecule has 0 N–H and O–H groups in total. The highest BCUT2D eigenvalue weighted by Gasteiger charge is 2.17. The Morgan fingerprint density at radius 1 is 0.491 bits per heavy atom. The van der Waals surface area contributed by atoms with Gasteiger partial charge < -0.3 is 9.47 Å². The summed E-state index contributed by atoms with van der Waals surface area (Å²) in [6, 6.07) is 10.1. The highest BCUT2D eigenvalue weighted by atomic mass is 16.6. The van der Waals surface area contributed by atoms with Gasteiger partial charge in [-0.05, 0) is 94.4 Å². The fourth-order valence-electron chi connectivity index (χ4n) is 7.63. The maximum Gasteiger partial charge on any atom is 0.311 e. The monoisotopic (exact) mass is 787 g/mol. The van der Waals surface area contributed by atoms with Crippen LogP contribution in [0, 0.1) is 20.8 Å². The highest BCUT2D eigenvalue weighted by Crippen LogP contribution is 2.30. The number of nitrogens with zero attached hydrogens (tertiary/aromatic N) is 1. The minimum absolute atomic E-state index is 0.265. The number of esters is 2. The minimum Gasteiger partial charge on any atom is -0.423 e. The summed E-state index contributed by atoms with van der Waals surface area (Å²) >= 11 is 0. The van der Waals surface area contributed by atoms with Crippen LogP contribution < -0.4 is 14.0 Å². The Hall–Kier alpha value is -3.21. The number of benzene rings is 1. The molecule has 1 aromatic carbocycles. The quantitative estimate of drug-likeness (QED) is 0.0230. The summed E-state index contributed by atoms with van der Waals surface area (Å²) in [5, 5.41) is 0. The van der Waals surface area contributed by atoms with Crippen molar-refractivity contribution in [2.24, 2.45) is 0 Å². The first-order valence-corrected chi connectivity index (χ1v) is 23.7. The molecule has 5 heteroatoms. The van der Waals surface area contributed by atoms with Gasteiger partial charge in [0.05, 0.1) is 0 Å². The van der Waals surface area contributed by atoms with E-state index in [2.05, 4.69) is 75.6 Å². The molecule has 0 aliphatic rings. The van der Waals surface area contributed by atoms with E-state index in [9.17, 15) is 9.59 Å². The molecule has 0 aliphatic carbocycles. The van der Waals surface area contributed by atoms with Crippen LogP contribution in [0.1, 0.15) is 216 Å². The van der Waals surface area contributed by atoms with E-state index in [0.717, 1.165) is 69.9 Å². The lowest BCUT2D eigenvalue weighted by atomic mass is 10.1. The minimum atomic E-state index is -0.267. The third kappa shape index (κ3) is 25.7. The number of carbonyl (C=O) groups is 2. The number of carbonyl (C=O) groups excluding carboxylic acids is 2. The molecule has 0 amide bonds. The summed E-state index contributed by atoms with van der Waals surface area (Å²) in [5.74, 6) is 0.158. The van der Waals surface area contributed by atoms with Gasteiger partial charge in [0.25, 0.3) is 0 Å². The maximum absolute atomic E-state index is 13.0. The fraction of sp³-hybridized carbons (Fsp3) is 0.673. The number of unbranched alkanes of at least 4 members (excludes halogenated alkanes) is 22. The van der Waals surface area contributed by atoms with Crippen molar-refractivity contribution in [2.75, 3.05) is 0 Å². The second-order valence-corrected chi connectivity index (χ2v) is 16.6. The molecule has 0 radical (unpaired) electrons. The zero-order valence-electron chi connectivity index (χ0n) is 37.5. The number of ether oxygens (including phenoxy) is 2. The van der Waals surface area contributed by atoms with Gasteiger partial charge >= 0.3 is 11.9 Å². The average Bonchev–Trinajstić information content (AvgIpc) is 3.18. The smallest absolute Gasteiger partial charge is 0.311 e. The van der Waals surface area contributed by atoms with Crippen molar-refractivity contribution >= 4 is 11.9 Å². The van der Waals surface area contributed by atoms with Gasteiger partial charge in [0.15, 0.2) is 29.4 Å². The van der Waals surface area contributed by atoms with Gasteiger partial charge in [-0.2, -0.15) is 4.57 Å². The summed E-state index contributed by atoms with van der Waals surface area (Å²) in [6.07, 6.45) is 42.5. The van der Waals surface area contributed by atoms with Crippen LogP contribution in [-0.4, -0.2) is 11.9 Å². The number of hydrogen-bond acceptors (Lipinski definition) is 4. The van der Waals surface area contributed by atoms with Crippen molar-refractivity contribution in [1.29, 1.82) is 0 Å². The molecule has 1 aromatic heterocycles. The Bertz CT molecular complexity index is 1390. The van der Waals surface area contributed by atoms with Gasteiger partial charge in [-0.3, -0.25) is 9.59 Å². The van der Waals surface area contributed by atoms with Crippen molar-refractivity contribution in [1.82, 2.24) is 0 Å². The third-order valence-electron chi connectivity index (χ3n) is 11.1. The molecule has 0 atom stereocenters. The lowest BCUT2D eigenvalue weighted by molar-refractivity contribution is -0.708. The van der Waals surface area contributed by atoms with Crippen molar-refractivity contribution in [3.8, 4) is 11.5 Å². The molecule has 0 saturated heterocycles. The third-order valence-corrected chi connectivity index (χ3v) is 11.1. The van der Waals surface area contributed by atoms with Crippen LogP contribution in [0.3, 0.4) is 0 Å². The first kappa shape index (κ1) is 49.9. The van der Waals surface area contributed by atoms with Crippen molar-refractivity contribution < 1.29 is 23.6 Å². The SMILES string of the molecule is CCCCCCCC/C=C\CCCCCCCC(=O)Oc1ccc(CC[n+]2c(C)cc(C)cc2C)cc1OC(=O)CCCCCCC/C=C\CCCCCCCC. The number of hydrogen-bond donors (Lipinski definition) is 0. The Kier molecular flexibility index (Phi) is 29.5. The fourth-order valence-corrected chi connectivity index (χ4v) is 7.63. The number of rotatable bonds is 35. The van der Waals surface area contributed by atoms with Gasteiger partial charge in [0, 0.05) is 45.2 Å². The van der Waals surface area contributed by atoms with Gasteiger partial charge in [0.1, 0.15) is 0 Å². The molecule has 2 aromatic rings. The molecule has 0 bridgehead atoms. The summed E-state index contributed by atoms with van der Waals surface area (Å²) in [7, 11) is 0. The predicted molar refractivity (Wildman–Crippen MR) is 241 cm³/mol. The molecule has 0 spiro atoms. The number of allylic oxidation sites excluding steroid dienone is 4. The number of pyridine rings is 1. The van der Waals surface area contributed by atoms with E-state index < -0.39 is 0 Å². The Balaban J connectivity index is 1.76.